The molecule has 0 fully saturated rings. The quantitative estimate of drug-likeness (QED) is 0.785. The SMILES string of the molecule is CCCn1cc(S(=O)(=O)NC(CCl)C(C)C)nc1C. The number of alkyl halides is 1. The predicted molar refractivity (Wildman–Crippen MR) is 76.9 cm³/mol. The summed E-state index contributed by atoms with van der Waals surface area (Å²) in [5.74, 6) is 1.08. The van der Waals surface area contributed by atoms with E-state index in [1.165, 1.54) is 0 Å². The summed E-state index contributed by atoms with van der Waals surface area (Å²) in [5, 5.41) is 0.0641. The van der Waals surface area contributed by atoms with Crippen molar-refractivity contribution in [2.75, 3.05) is 5.88 Å². The first-order valence-electron chi connectivity index (χ1n) is 6.43. The van der Waals surface area contributed by atoms with E-state index in [0.717, 1.165) is 13.0 Å². The minimum Gasteiger partial charge on any atom is -0.334 e. The third-order valence-corrected chi connectivity index (χ3v) is 4.66. The molecule has 0 radical (unpaired) electrons. The third kappa shape index (κ3) is 4.19. The maximum Gasteiger partial charge on any atom is 0.259 e. The molecule has 1 N–H and O–H groups in total. The molecule has 0 aromatic carbocycles. The molecule has 0 amide bonds. The molecule has 19 heavy (non-hydrogen) atoms. The highest BCUT2D eigenvalue weighted by atomic mass is 35.5. The predicted octanol–water partition coefficient (Wildman–Crippen LogP) is 2.14. The maximum atomic E-state index is 12.2. The second kappa shape index (κ2) is 6.72. The normalized spacial score (nSPS) is 14.0. The summed E-state index contributed by atoms with van der Waals surface area (Å²) in [6, 6.07) is -0.289. The average molecular weight is 308 g/mol. The van der Waals surface area contributed by atoms with Crippen LogP contribution in [0, 0.1) is 12.8 Å². The van der Waals surface area contributed by atoms with Gasteiger partial charge in [-0.2, -0.15) is 0 Å². The summed E-state index contributed by atoms with van der Waals surface area (Å²) in [5.41, 5.74) is 0. The fourth-order valence-electron chi connectivity index (χ4n) is 1.68. The average Bonchev–Trinajstić information content (AvgIpc) is 2.69. The lowest BCUT2D eigenvalue weighted by Gasteiger charge is -2.18. The Bertz CT molecular complexity index is 511. The van der Waals surface area contributed by atoms with Gasteiger partial charge in [0.25, 0.3) is 10.0 Å². The monoisotopic (exact) mass is 307 g/mol. The largest absolute Gasteiger partial charge is 0.334 e. The van der Waals surface area contributed by atoms with Crippen LogP contribution in [0.3, 0.4) is 0 Å². The molecule has 0 aliphatic heterocycles. The van der Waals surface area contributed by atoms with Crippen LogP contribution in [0.25, 0.3) is 0 Å². The first-order valence-corrected chi connectivity index (χ1v) is 8.45. The van der Waals surface area contributed by atoms with Crippen LogP contribution in [-0.2, 0) is 16.6 Å². The zero-order valence-corrected chi connectivity index (χ0v) is 13.4. The number of hydrogen-bond donors (Lipinski definition) is 1. The zero-order chi connectivity index (χ0) is 14.6. The lowest BCUT2D eigenvalue weighted by atomic mass is 10.1. The van der Waals surface area contributed by atoms with E-state index in [1.54, 1.807) is 13.1 Å². The van der Waals surface area contributed by atoms with Gasteiger partial charge in [-0.3, -0.25) is 0 Å². The molecule has 1 atom stereocenters. The van der Waals surface area contributed by atoms with Gasteiger partial charge < -0.3 is 4.57 Å². The van der Waals surface area contributed by atoms with E-state index < -0.39 is 10.0 Å². The molecule has 1 aromatic heterocycles. The van der Waals surface area contributed by atoms with Gasteiger partial charge in [0, 0.05) is 24.7 Å². The number of sulfonamides is 1. The van der Waals surface area contributed by atoms with E-state index in [1.807, 2.05) is 25.3 Å². The summed E-state index contributed by atoms with van der Waals surface area (Å²) in [6.45, 7) is 8.45. The Hall–Kier alpha value is -0.590. The van der Waals surface area contributed by atoms with E-state index >= 15 is 0 Å². The highest BCUT2D eigenvalue weighted by Crippen LogP contribution is 2.13. The number of halogens is 1. The van der Waals surface area contributed by atoms with Crippen molar-refractivity contribution in [2.24, 2.45) is 5.92 Å². The number of aromatic nitrogens is 2. The van der Waals surface area contributed by atoms with Gasteiger partial charge in [0.2, 0.25) is 0 Å². The molecule has 1 heterocycles. The van der Waals surface area contributed by atoms with Crippen molar-refractivity contribution in [3.05, 3.63) is 12.0 Å². The van der Waals surface area contributed by atoms with Crippen molar-refractivity contribution in [3.8, 4) is 0 Å². The smallest absolute Gasteiger partial charge is 0.259 e. The van der Waals surface area contributed by atoms with Gasteiger partial charge in [0.05, 0.1) is 0 Å². The fraction of sp³-hybridized carbons (Fsp3) is 0.750. The molecule has 1 rings (SSSR count). The Morgan fingerprint density at radius 3 is 2.58 bits per heavy atom. The molecule has 0 spiro atoms. The zero-order valence-electron chi connectivity index (χ0n) is 11.9. The molecule has 0 saturated heterocycles. The van der Waals surface area contributed by atoms with E-state index in [9.17, 15) is 8.42 Å². The molecular weight excluding hydrogens is 286 g/mol. The van der Waals surface area contributed by atoms with Gasteiger partial charge in [-0.25, -0.2) is 18.1 Å². The fourth-order valence-corrected chi connectivity index (χ4v) is 3.60. The van der Waals surface area contributed by atoms with Gasteiger partial charge in [-0.05, 0) is 19.3 Å². The van der Waals surface area contributed by atoms with Gasteiger partial charge >= 0.3 is 0 Å². The minimum absolute atomic E-state index is 0.0641. The summed E-state index contributed by atoms with van der Waals surface area (Å²) < 4.78 is 28.9. The van der Waals surface area contributed by atoms with Crippen LogP contribution in [0.4, 0.5) is 0 Å². The number of nitrogens with one attached hydrogen (secondary N) is 1. The van der Waals surface area contributed by atoms with E-state index in [-0.39, 0.29) is 22.9 Å². The van der Waals surface area contributed by atoms with E-state index in [2.05, 4.69) is 9.71 Å². The number of rotatable bonds is 7. The second-order valence-electron chi connectivity index (χ2n) is 4.95. The summed E-state index contributed by atoms with van der Waals surface area (Å²) in [6.07, 6.45) is 2.51. The highest BCUT2D eigenvalue weighted by molar-refractivity contribution is 7.89. The van der Waals surface area contributed by atoms with Gasteiger partial charge in [-0.15, -0.1) is 11.6 Å². The van der Waals surface area contributed by atoms with E-state index in [4.69, 9.17) is 11.6 Å². The number of nitrogens with zero attached hydrogens (tertiary/aromatic N) is 2. The molecule has 0 aliphatic carbocycles. The summed E-state index contributed by atoms with van der Waals surface area (Å²) >= 11 is 5.79. The highest BCUT2D eigenvalue weighted by Gasteiger charge is 2.24. The van der Waals surface area contributed by atoms with Crippen LogP contribution in [0.2, 0.25) is 0 Å². The number of hydrogen-bond acceptors (Lipinski definition) is 3. The molecule has 7 heteroatoms. The first-order chi connectivity index (χ1) is 8.81. The van der Waals surface area contributed by atoms with Crippen LogP contribution >= 0.6 is 11.6 Å². The Labute approximate surface area is 120 Å². The van der Waals surface area contributed by atoms with E-state index in [0.29, 0.717) is 5.82 Å². The van der Waals surface area contributed by atoms with Crippen molar-refractivity contribution in [1.29, 1.82) is 0 Å². The minimum atomic E-state index is -3.60. The van der Waals surface area contributed by atoms with Crippen molar-refractivity contribution in [2.45, 2.75) is 51.7 Å². The summed E-state index contributed by atoms with van der Waals surface area (Å²) in [7, 11) is -3.60. The number of aryl methyl sites for hydroxylation is 2. The lowest BCUT2D eigenvalue weighted by Crippen LogP contribution is -2.39. The third-order valence-electron chi connectivity index (χ3n) is 2.97. The second-order valence-corrected chi connectivity index (χ2v) is 6.92. The van der Waals surface area contributed by atoms with Crippen molar-refractivity contribution < 1.29 is 8.42 Å². The Kier molecular flexibility index (Phi) is 5.82. The molecule has 5 nitrogen and oxygen atoms in total. The molecule has 1 unspecified atom stereocenters. The molecule has 1 aromatic rings. The Morgan fingerprint density at radius 2 is 2.11 bits per heavy atom. The van der Waals surface area contributed by atoms with Gasteiger partial charge in [0.1, 0.15) is 5.82 Å². The molecule has 0 saturated carbocycles. The van der Waals surface area contributed by atoms with Crippen LogP contribution in [-0.4, -0.2) is 29.9 Å². The molecule has 0 aliphatic rings. The molecule has 0 bridgehead atoms. The molecular formula is C12H22ClN3O2S. The van der Waals surface area contributed by atoms with Crippen LogP contribution < -0.4 is 4.72 Å². The van der Waals surface area contributed by atoms with Crippen molar-refractivity contribution in [3.63, 3.8) is 0 Å². The Morgan fingerprint density at radius 1 is 1.47 bits per heavy atom. The first kappa shape index (κ1) is 16.5. The topological polar surface area (TPSA) is 64.0 Å². The molecule has 110 valence electrons. The van der Waals surface area contributed by atoms with Crippen LogP contribution in [0.15, 0.2) is 11.2 Å². The van der Waals surface area contributed by atoms with Crippen LogP contribution in [0.1, 0.15) is 33.0 Å². The lowest BCUT2D eigenvalue weighted by molar-refractivity contribution is 0.479. The standard InChI is InChI=1S/C12H22ClN3O2S/c1-5-6-16-8-12(14-10(16)4)19(17,18)15-11(7-13)9(2)3/h8-9,11,15H,5-7H2,1-4H3. The van der Waals surface area contributed by atoms with Gasteiger partial charge in [0.15, 0.2) is 5.03 Å². The van der Waals surface area contributed by atoms with Crippen LogP contribution in [0.5, 0.6) is 0 Å². The number of imidazole rings is 1. The Balaban J connectivity index is 2.97. The maximum absolute atomic E-state index is 12.2. The van der Waals surface area contributed by atoms with Gasteiger partial charge in [-0.1, -0.05) is 20.8 Å². The summed E-state index contributed by atoms with van der Waals surface area (Å²) in [4.78, 5) is 4.12. The van der Waals surface area contributed by atoms with Crippen molar-refractivity contribution >= 4 is 21.6 Å². The van der Waals surface area contributed by atoms with Crippen molar-refractivity contribution in [1.82, 2.24) is 14.3 Å².